The average Bonchev–Trinajstić information content (AvgIpc) is 2.47. The van der Waals surface area contributed by atoms with Crippen molar-refractivity contribution in [1.82, 2.24) is 0 Å². The second kappa shape index (κ2) is 6.68. The molecule has 0 amide bonds. The van der Waals surface area contributed by atoms with Crippen molar-refractivity contribution in [2.75, 3.05) is 0 Å². The number of carbonyl (C=O) groups is 1. The lowest BCUT2D eigenvalue weighted by atomic mass is 10.0. The molecule has 0 heterocycles. The van der Waals surface area contributed by atoms with Gasteiger partial charge in [0.05, 0.1) is 22.5 Å². The molecule has 1 N–H and O–H groups in total. The van der Waals surface area contributed by atoms with Crippen LogP contribution in [0.5, 0.6) is 0 Å². The van der Waals surface area contributed by atoms with Gasteiger partial charge in [0.15, 0.2) is 0 Å². The van der Waals surface area contributed by atoms with Crippen molar-refractivity contribution >= 4 is 16.8 Å². The van der Waals surface area contributed by atoms with E-state index < -0.39 is 22.7 Å². The summed E-state index contributed by atoms with van der Waals surface area (Å²) in [5.74, 6) is -0.931. The van der Waals surface area contributed by atoms with Crippen LogP contribution in [-0.2, 0) is 21.3 Å². The molecule has 3 nitrogen and oxygen atoms in total. The van der Waals surface area contributed by atoms with E-state index in [1.165, 1.54) is 0 Å². The summed E-state index contributed by atoms with van der Waals surface area (Å²) < 4.78 is 12.4. The lowest BCUT2D eigenvalue weighted by Crippen LogP contribution is -2.07. The SMILES string of the molecule is Cc1ccccc1S(=O)Cc1ccc(C(C)C(=O)O)cc1. The van der Waals surface area contributed by atoms with Crippen molar-refractivity contribution in [3.05, 3.63) is 65.2 Å². The number of hydrogen-bond donors (Lipinski definition) is 1. The quantitative estimate of drug-likeness (QED) is 0.920. The van der Waals surface area contributed by atoms with Gasteiger partial charge in [0.25, 0.3) is 0 Å². The Morgan fingerprint density at radius 3 is 2.33 bits per heavy atom. The zero-order valence-electron chi connectivity index (χ0n) is 12.1. The molecule has 4 heteroatoms. The van der Waals surface area contributed by atoms with E-state index in [9.17, 15) is 9.00 Å². The van der Waals surface area contributed by atoms with Crippen LogP contribution in [0, 0.1) is 6.92 Å². The van der Waals surface area contributed by atoms with Crippen molar-refractivity contribution in [2.45, 2.75) is 30.4 Å². The molecule has 0 saturated heterocycles. The fourth-order valence-electron chi connectivity index (χ4n) is 2.09. The van der Waals surface area contributed by atoms with Crippen LogP contribution in [0.25, 0.3) is 0 Å². The molecular weight excluding hydrogens is 284 g/mol. The van der Waals surface area contributed by atoms with E-state index >= 15 is 0 Å². The molecule has 0 aromatic heterocycles. The van der Waals surface area contributed by atoms with E-state index in [1.54, 1.807) is 19.1 Å². The van der Waals surface area contributed by atoms with Gasteiger partial charge in [-0.3, -0.25) is 9.00 Å². The molecule has 0 aliphatic carbocycles. The molecule has 2 aromatic rings. The first-order valence-corrected chi connectivity index (χ1v) is 8.06. The Labute approximate surface area is 127 Å². The van der Waals surface area contributed by atoms with E-state index in [0.717, 1.165) is 21.6 Å². The molecule has 0 spiro atoms. The van der Waals surface area contributed by atoms with Crippen LogP contribution in [-0.4, -0.2) is 15.3 Å². The smallest absolute Gasteiger partial charge is 0.310 e. The normalized spacial score (nSPS) is 13.6. The van der Waals surface area contributed by atoms with Gasteiger partial charge >= 0.3 is 5.97 Å². The number of aliphatic carboxylic acids is 1. The standard InChI is InChI=1S/C17H18O3S/c1-12-5-3-4-6-16(12)21(20)11-14-7-9-15(10-8-14)13(2)17(18)19/h3-10,13H,11H2,1-2H3,(H,18,19). The van der Waals surface area contributed by atoms with Gasteiger partial charge in [-0.1, -0.05) is 42.5 Å². The molecule has 2 atom stereocenters. The van der Waals surface area contributed by atoms with Crippen LogP contribution in [0.4, 0.5) is 0 Å². The van der Waals surface area contributed by atoms with Gasteiger partial charge < -0.3 is 5.11 Å². The minimum atomic E-state index is -1.09. The van der Waals surface area contributed by atoms with Gasteiger partial charge in [0.1, 0.15) is 0 Å². The summed E-state index contributed by atoms with van der Waals surface area (Å²) in [6, 6.07) is 14.9. The van der Waals surface area contributed by atoms with Crippen molar-refractivity contribution in [2.24, 2.45) is 0 Å². The van der Waals surface area contributed by atoms with Crippen LogP contribution in [0.15, 0.2) is 53.4 Å². The molecule has 2 unspecified atom stereocenters. The summed E-state index contributed by atoms with van der Waals surface area (Å²) in [5, 5.41) is 8.98. The predicted octanol–water partition coefficient (Wildman–Crippen LogP) is 3.49. The summed E-state index contributed by atoms with van der Waals surface area (Å²) >= 11 is 0. The Kier molecular flexibility index (Phi) is 4.91. The van der Waals surface area contributed by atoms with Crippen molar-refractivity contribution in [3.8, 4) is 0 Å². The summed E-state index contributed by atoms with van der Waals surface area (Å²) in [6.45, 7) is 3.60. The number of carboxylic acid groups (broad SMARTS) is 1. The zero-order chi connectivity index (χ0) is 15.4. The molecular formula is C17H18O3S. The van der Waals surface area contributed by atoms with Gasteiger partial charge in [-0.25, -0.2) is 0 Å². The first-order chi connectivity index (χ1) is 9.99. The number of hydrogen-bond acceptors (Lipinski definition) is 2. The van der Waals surface area contributed by atoms with Crippen molar-refractivity contribution in [1.29, 1.82) is 0 Å². The Bertz CT molecular complexity index is 662. The van der Waals surface area contributed by atoms with E-state index in [-0.39, 0.29) is 0 Å². The zero-order valence-corrected chi connectivity index (χ0v) is 12.9. The molecule has 0 bridgehead atoms. The van der Waals surface area contributed by atoms with E-state index in [0.29, 0.717) is 5.75 Å². The Balaban J connectivity index is 2.12. The third-order valence-corrected chi connectivity index (χ3v) is 5.03. The second-order valence-corrected chi connectivity index (χ2v) is 6.48. The number of benzene rings is 2. The highest BCUT2D eigenvalue weighted by Crippen LogP contribution is 2.19. The maximum absolute atomic E-state index is 12.4. The van der Waals surface area contributed by atoms with Gasteiger partial charge in [0.2, 0.25) is 0 Å². The van der Waals surface area contributed by atoms with Crippen molar-refractivity contribution in [3.63, 3.8) is 0 Å². The Morgan fingerprint density at radius 1 is 1.14 bits per heavy atom. The van der Waals surface area contributed by atoms with Gasteiger partial charge in [-0.2, -0.15) is 0 Å². The molecule has 0 radical (unpaired) electrons. The second-order valence-electron chi connectivity index (χ2n) is 5.06. The van der Waals surface area contributed by atoms with Gasteiger partial charge in [-0.05, 0) is 36.6 Å². The maximum Gasteiger partial charge on any atom is 0.310 e. The largest absolute Gasteiger partial charge is 0.481 e. The summed E-state index contributed by atoms with van der Waals surface area (Å²) in [7, 11) is -1.09. The molecule has 110 valence electrons. The Morgan fingerprint density at radius 2 is 1.76 bits per heavy atom. The monoisotopic (exact) mass is 302 g/mol. The maximum atomic E-state index is 12.4. The molecule has 0 fully saturated rings. The van der Waals surface area contributed by atoms with Crippen LogP contribution in [0.3, 0.4) is 0 Å². The highest BCUT2D eigenvalue weighted by molar-refractivity contribution is 7.84. The van der Waals surface area contributed by atoms with E-state index in [2.05, 4.69) is 0 Å². The summed E-state index contributed by atoms with van der Waals surface area (Å²) in [6.07, 6.45) is 0. The summed E-state index contributed by atoms with van der Waals surface area (Å²) in [4.78, 5) is 11.8. The lowest BCUT2D eigenvalue weighted by molar-refractivity contribution is -0.138. The first kappa shape index (κ1) is 15.4. The lowest BCUT2D eigenvalue weighted by Gasteiger charge is -2.09. The predicted molar refractivity (Wildman–Crippen MR) is 83.8 cm³/mol. The highest BCUT2D eigenvalue weighted by atomic mass is 32.2. The van der Waals surface area contributed by atoms with Crippen LogP contribution in [0.2, 0.25) is 0 Å². The molecule has 2 aromatic carbocycles. The minimum Gasteiger partial charge on any atom is -0.481 e. The fraction of sp³-hybridized carbons (Fsp3) is 0.235. The highest BCUT2D eigenvalue weighted by Gasteiger charge is 2.13. The Hall–Kier alpha value is -1.94. The third-order valence-electron chi connectivity index (χ3n) is 3.49. The van der Waals surface area contributed by atoms with Crippen LogP contribution in [0.1, 0.15) is 29.5 Å². The van der Waals surface area contributed by atoms with Gasteiger partial charge in [-0.15, -0.1) is 0 Å². The van der Waals surface area contributed by atoms with Crippen LogP contribution >= 0.6 is 0 Å². The number of rotatable bonds is 5. The van der Waals surface area contributed by atoms with Crippen molar-refractivity contribution < 1.29 is 14.1 Å². The first-order valence-electron chi connectivity index (χ1n) is 6.74. The fourth-order valence-corrected chi connectivity index (χ4v) is 3.39. The summed E-state index contributed by atoms with van der Waals surface area (Å²) in [5.41, 5.74) is 2.72. The molecule has 21 heavy (non-hydrogen) atoms. The van der Waals surface area contributed by atoms with Crippen LogP contribution < -0.4 is 0 Å². The number of carboxylic acids is 1. The average molecular weight is 302 g/mol. The van der Waals surface area contributed by atoms with E-state index in [1.807, 2.05) is 43.3 Å². The molecule has 0 aliphatic rings. The number of aryl methyl sites for hydroxylation is 1. The molecule has 0 aliphatic heterocycles. The topological polar surface area (TPSA) is 54.4 Å². The van der Waals surface area contributed by atoms with E-state index in [4.69, 9.17) is 5.11 Å². The molecule has 2 rings (SSSR count). The minimum absolute atomic E-state index is 0.437. The van der Waals surface area contributed by atoms with Gasteiger partial charge in [0, 0.05) is 4.90 Å². The molecule has 0 saturated carbocycles. The third kappa shape index (κ3) is 3.79.